The minimum atomic E-state index is -0.879. The van der Waals surface area contributed by atoms with E-state index in [0.29, 0.717) is 55.1 Å². The zero-order valence-corrected chi connectivity index (χ0v) is 28.3. The van der Waals surface area contributed by atoms with Crippen molar-refractivity contribution in [2.45, 2.75) is 75.3 Å². The van der Waals surface area contributed by atoms with Gasteiger partial charge in [-0.1, -0.05) is 25.0 Å². The van der Waals surface area contributed by atoms with Crippen LogP contribution in [0.15, 0.2) is 36.4 Å². The average molecular weight is 652 g/mol. The second kappa shape index (κ2) is 13.8. The van der Waals surface area contributed by atoms with Crippen molar-refractivity contribution in [3.63, 3.8) is 0 Å². The molecule has 2 aromatic carbocycles. The maximum Gasteiger partial charge on any atom is 0.253 e. The second-order valence-electron chi connectivity index (χ2n) is 13.9. The minimum absolute atomic E-state index is 0.0576. The van der Waals surface area contributed by atoms with E-state index < -0.39 is 5.41 Å². The molecule has 3 amide bonds. The summed E-state index contributed by atoms with van der Waals surface area (Å²) in [5.74, 6) is 0.678. The highest BCUT2D eigenvalue weighted by Gasteiger charge is 2.47. The van der Waals surface area contributed by atoms with E-state index in [9.17, 15) is 19.6 Å². The normalized spacial score (nSPS) is 19.1. The van der Waals surface area contributed by atoms with Gasteiger partial charge in [0.2, 0.25) is 5.91 Å². The summed E-state index contributed by atoms with van der Waals surface area (Å²) >= 11 is 0. The molecule has 0 radical (unpaired) electrons. The van der Waals surface area contributed by atoms with Gasteiger partial charge in [0, 0.05) is 51.9 Å². The average Bonchev–Trinajstić information content (AvgIpc) is 3.89. The molecule has 2 heterocycles. The number of aromatic nitrogens is 4. The third kappa shape index (κ3) is 6.19. The lowest BCUT2D eigenvalue weighted by Gasteiger charge is -2.39. The number of H-pyrrole nitrogens is 1. The van der Waals surface area contributed by atoms with Gasteiger partial charge < -0.3 is 20.0 Å². The first-order chi connectivity index (χ1) is 23.1. The van der Waals surface area contributed by atoms with Crippen molar-refractivity contribution in [1.82, 2.24) is 40.6 Å². The van der Waals surface area contributed by atoms with Gasteiger partial charge in [0.1, 0.15) is 6.04 Å². The van der Waals surface area contributed by atoms with Gasteiger partial charge in [-0.15, -0.1) is 5.10 Å². The Morgan fingerprint density at radius 3 is 2.08 bits per heavy atom. The number of carbonyl (C=O) groups is 3. The predicted octanol–water partition coefficient (Wildman–Crippen LogP) is 3.09. The largest absolute Gasteiger partial charge is 0.345 e. The quantitative estimate of drug-likeness (QED) is 0.358. The summed E-state index contributed by atoms with van der Waals surface area (Å²) in [5.41, 5.74) is 4.37. The zero-order valence-electron chi connectivity index (χ0n) is 28.3. The summed E-state index contributed by atoms with van der Waals surface area (Å²) in [5, 5.41) is 29.1. The molecule has 3 aliphatic rings. The number of amides is 3. The summed E-state index contributed by atoms with van der Waals surface area (Å²) in [4.78, 5) is 44.6. The standard InChI is InChI=1S/C36H45N9O3/c1-43(2)33(47)26-13-15-29-24(18-26)11-12-25-19-27(34(48)44(3)4)14-16-30(25)36(29,35-39-41-42-40-35)20-31(23-8-5-6-9-23)38-22-32(46)45-17-7-10-28(45)21-37/h13-16,18-19,23,28,31,38H,5-12,17,20,22H2,1-4H3,(H,39,40,41,42)/t28?,31-/m0/s1. The number of tetrazole rings is 1. The van der Waals surface area contributed by atoms with Gasteiger partial charge in [0.25, 0.3) is 11.8 Å². The van der Waals surface area contributed by atoms with Crippen molar-refractivity contribution >= 4 is 17.7 Å². The molecule has 6 rings (SSSR count). The van der Waals surface area contributed by atoms with Crippen LogP contribution in [0.5, 0.6) is 0 Å². The Labute approximate surface area is 281 Å². The van der Waals surface area contributed by atoms with Crippen LogP contribution in [0, 0.1) is 17.2 Å². The van der Waals surface area contributed by atoms with Crippen LogP contribution in [-0.2, 0) is 23.1 Å². The molecule has 0 spiro atoms. The highest BCUT2D eigenvalue weighted by molar-refractivity contribution is 5.95. The number of likely N-dealkylation sites (tertiary alicyclic amines) is 1. The van der Waals surface area contributed by atoms with Gasteiger partial charge >= 0.3 is 0 Å². The Hall–Kier alpha value is -4.63. The van der Waals surface area contributed by atoms with E-state index in [4.69, 9.17) is 0 Å². The second-order valence-corrected chi connectivity index (χ2v) is 13.9. The molecule has 1 saturated heterocycles. The topological polar surface area (TPSA) is 151 Å². The minimum Gasteiger partial charge on any atom is -0.345 e. The number of aryl methyl sites for hydroxylation is 2. The lowest BCUT2D eigenvalue weighted by molar-refractivity contribution is -0.130. The van der Waals surface area contributed by atoms with Crippen LogP contribution < -0.4 is 5.32 Å². The van der Waals surface area contributed by atoms with Gasteiger partial charge in [-0.05, 0) is 108 Å². The Morgan fingerprint density at radius 1 is 0.958 bits per heavy atom. The number of nitrogens with one attached hydrogen (secondary N) is 2. The molecular weight excluding hydrogens is 606 g/mol. The Morgan fingerprint density at radius 2 is 1.56 bits per heavy atom. The number of rotatable bonds is 9. The highest BCUT2D eigenvalue weighted by Crippen LogP contribution is 2.48. The Kier molecular flexibility index (Phi) is 9.60. The van der Waals surface area contributed by atoms with Crippen molar-refractivity contribution in [2.24, 2.45) is 5.92 Å². The molecule has 1 saturated carbocycles. The van der Waals surface area contributed by atoms with E-state index in [0.717, 1.165) is 54.4 Å². The van der Waals surface area contributed by atoms with E-state index in [1.807, 2.05) is 36.4 Å². The van der Waals surface area contributed by atoms with E-state index in [-0.39, 0.29) is 36.3 Å². The Balaban J connectivity index is 1.50. The summed E-state index contributed by atoms with van der Waals surface area (Å²) in [6.07, 6.45) is 7.72. The SMILES string of the molecule is CN(C)C(=O)c1ccc2c(c1)CCc1cc(C(=O)N(C)C)ccc1C2(C[C@H](NCC(=O)N1CCCC1C#N)C1CCCC1)c1nnn[nH]1. The van der Waals surface area contributed by atoms with Crippen molar-refractivity contribution in [3.05, 3.63) is 75.6 Å². The first kappa shape index (κ1) is 33.3. The predicted molar refractivity (Wildman–Crippen MR) is 179 cm³/mol. The number of nitrogens with zero attached hydrogens (tertiary/aromatic N) is 7. The molecule has 1 unspecified atom stereocenters. The number of aromatic amines is 1. The van der Waals surface area contributed by atoms with Gasteiger partial charge in [0.15, 0.2) is 5.82 Å². The van der Waals surface area contributed by atoms with E-state index in [1.165, 1.54) is 0 Å². The molecule has 2 fully saturated rings. The third-order valence-corrected chi connectivity index (χ3v) is 10.6. The fourth-order valence-corrected chi connectivity index (χ4v) is 8.16. The van der Waals surface area contributed by atoms with Crippen LogP contribution in [0.3, 0.4) is 0 Å². The molecule has 2 N–H and O–H groups in total. The van der Waals surface area contributed by atoms with E-state index >= 15 is 0 Å². The molecule has 12 nitrogen and oxygen atoms in total. The molecule has 12 heteroatoms. The van der Waals surface area contributed by atoms with Crippen molar-refractivity contribution in [1.29, 1.82) is 5.26 Å². The maximum absolute atomic E-state index is 13.5. The monoisotopic (exact) mass is 651 g/mol. The van der Waals surface area contributed by atoms with Crippen LogP contribution >= 0.6 is 0 Å². The maximum atomic E-state index is 13.5. The molecule has 48 heavy (non-hydrogen) atoms. The fraction of sp³-hybridized carbons (Fsp3) is 0.528. The van der Waals surface area contributed by atoms with Gasteiger partial charge in [-0.3, -0.25) is 14.4 Å². The molecule has 252 valence electrons. The lowest BCUT2D eigenvalue weighted by atomic mass is 9.66. The van der Waals surface area contributed by atoms with Gasteiger partial charge in [-0.25, -0.2) is 5.10 Å². The van der Waals surface area contributed by atoms with Crippen LogP contribution in [0.25, 0.3) is 0 Å². The smallest absolute Gasteiger partial charge is 0.253 e. The number of hydrogen-bond acceptors (Lipinski definition) is 8. The van der Waals surface area contributed by atoms with Crippen LogP contribution in [0.4, 0.5) is 0 Å². The summed E-state index contributed by atoms with van der Waals surface area (Å²) in [7, 11) is 6.99. The first-order valence-corrected chi connectivity index (χ1v) is 17.0. The molecule has 1 aromatic heterocycles. The number of hydrogen-bond donors (Lipinski definition) is 2. The zero-order chi connectivity index (χ0) is 34.0. The van der Waals surface area contributed by atoms with Crippen LogP contribution in [-0.4, -0.2) is 106 Å². The van der Waals surface area contributed by atoms with E-state index in [1.54, 1.807) is 42.9 Å². The number of carbonyl (C=O) groups excluding carboxylic acids is 3. The third-order valence-electron chi connectivity index (χ3n) is 10.6. The number of nitriles is 1. The molecule has 2 atom stereocenters. The summed E-state index contributed by atoms with van der Waals surface area (Å²) < 4.78 is 0. The van der Waals surface area contributed by atoms with Gasteiger partial charge in [0.05, 0.1) is 18.0 Å². The summed E-state index contributed by atoms with van der Waals surface area (Å²) in [6, 6.07) is 13.7. The molecule has 2 aliphatic carbocycles. The molecule has 3 aromatic rings. The number of fused-ring (bicyclic) bond motifs is 2. The highest BCUT2D eigenvalue weighted by atomic mass is 16.2. The van der Waals surface area contributed by atoms with Crippen LogP contribution in [0.2, 0.25) is 0 Å². The Bertz CT molecular complexity index is 1630. The van der Waals surface area contributed by atoms with Crippen molar-refractivity contribution in [2.75, 3.05) is 41.3 Å². The molecule has 1 aliphatic heterocycles. The van der Waals surface area contributed by atoms with Crippen LogP contribution in [0.1, 0.15) is 93.7 Å². The van der Waals surface area contributed by atoms with Gasteiger partial charge in [-0.2, -0.15) is 5.26 Å². The number of benzene rings is 2. The first-order valence-electron chi connectivity index (χ1n) is 17.0. The molecule has 0 bridgehead atoms. The van der Waals surface area contributed by atoms with Crippen molar-refractivity contribution < 1.29 is 14.4 Å². The van der Waals surface area contributed by atoms with Crippen molar-refractivity contribution in [3.8, 4) is 6.07 Å². The van der Waals surface area contributed by atoms with E-state index in [2.05, 4.69) is 32.0 Å². The fourth-order valence-electron chi connectivity index (χ4n) is 8.16. The molecular formula is C36H45N9O3. The summed E-state index contributed by atoms with van der Waals surface area (Å²) in [6.45, 7) is 0.736. The lowest BCUT2D eigenvalue weighted by Crippen LogP contribution is -2.48.